The Morgan fingerprint density at radius 3 is 2.58 bits per heavy atom. The van der Waals surface area contributed by atoms with Crippen LogP contribution in [0.2, 0.25) is 0 Å². The van der Waals surface area contributed by atoms with Gasteiger partial charge in [-0.25, -0.2) is 9.86 Å². The van der Waals surface area contributed by atoms with E-state index in [2.05, 4.69) is 6.07 Å². The molecule has 24 heavy (non-hydrogen) atoms. The van der Waals surface area contributed by atoms with Crippen LogP contribution in [0.15, 0.2) is 54.6 Å². The lowest BCUT2D eigenvalue weighted by Crippen LogP contribution is -2.43. The summed E-state index contributed by atoms with van der Waals surface area (Å²) in [7, 11) is 0. The first-order valence-electron chi connectivity index (χ1n) is 8.24. The van der Waals surface area contributed by atoms with E-state index in [4.69, 9.17) is 10.5 Å². The molecule has 0 bridgehead atoms. The number of nitrogens with zero attached hydrogens (tertiary/aromatic N) is 1. The maximum atomic E-state index is 11.2. The highest BCUT2D eigenvalue weighted by atomic mass is 16.5. The molecule has 0 aliphatic heterocycles. The third kappa shape index (κ3) is 3.86. The standard InChI is InChI=1S/C19H22N2O3/c20-19(22)21(23)16-8-4-6-14(12-16)15-7-5-11-18(13-15)24-17-9-2-1-3-10-17/h1-3,5,7,9-11,13-14,16,23H,4,6,8,12H2,(H2,20,22). The number of rotatable bonds is 4. The summed E-state index contributed by atoms with van der Waals surface area (Å²) in [6.07, 6.45) is 3.45. The molecule has 0 spiro atoms. The average Bonchev–Trinajstić information content (AvgIpc) is 2.62. The molecule has 5 nitrogen and oxygen atoms in total. The van der Waals surface area contributed by atoms with Crippen molar-refractivity contribution in [1.82, 2.24) is 5.06 Å². The van der Waals surface area contributed by atoms with Crippen molar-refractivity contribution >= 4 is 6.03 Å². The summed E-state index contributed by atoms with van der Waals surface area (Å²) in [4.78, 5) is 11.2. The van der Waals surface area contributed by atoms with Gasteiger partial charge in [0.2, 0.25) is 0 Å². The summed E-state index contributed by atoms with van der Waals surface area (Å²) in [5.41, 5.74) is 6.34. The zero-order valence-electron chi connectivity index (χ0n) is 13.5. The number of ether oxygens (including phenoxy) is 1. The fourth-order valence-electron chi connectivity index (χ4n) is 3.33. The van der Waals surface area contributed by atoms with E-state index in [1.165, 1.54) is 0 Å². The van der Waals surface area contributed by atoms with Gasteiger partial charge in [-0.1, -0.05) is 36.8 Å². The fourth-order valence-corrected chi connectivity index (χ4v) is 3.33. The first-order valence-corrected chi connectivity index (χ1v) is 8.24. The molecule has 0 saturated heterocycles. The van der Waals surface area contributed by atoms with Crippen LogP contribution >= 0.6 is 0 Å². The second-order valence-electron chi connectivity index (χ2n) is 6.19. The Labute approximate surface area is 141 Å². The minimum absolute atomic E-state index is 0.222. The Hall–Kier alpha value is -2.53. The van der Waals surface area contributed by atoms with E-state index >= 15 is 0 Å². The lowest BCUT2D eigenvalue weighted by atomic mass is 9.81. The SMILES string of the molecule is NC(=O)N(O)C1CCCC(c2cccc(Oc3ccccc3)c2)C1. The average molecular weight is 326 g/mol. The quantitative estimate of drug-likeness (QED) is 0.650. The van der Waals surface area contributed by atoms with E-state index < -0.39 is 6.03 Å². The molecule has 0 radical (unpaired) electrons. The minimum atomic E-state index is -0.790. The molecule has 2 aromatic carbocycles. The van der Waals surface area contributed by atoms with Gasteiger partial charge in [0.1, 0.15) is 11.5 Å². The first kappa shape index (κ1) is 16.3. The maximum absolute atomic E-state index is 11.2. The molecule has 3 rings (SSSR count). The molecule has 0 heterocycles. The van der Waals surface area contributed by atoms with Crippen molar-refractivity contribution in [3.63, 3.8) is 0 Å². The number of urea groups is 1. The van der Waals surface area contributed by atoms with Crippen molar-refractivity contribution in [1.29, 1.82) is 0 Å². The van der Waals surface area contributed by atoms with Gasteiger partial charge in [-0.05, 0) is 55.0 Å². The summed E-state index contributed by atoms with van der Waals surface area (Å²) in [6.45, 7) is 0. The number of hydroxylamine groups is 2. The molecular weight excluding hydrogens is 304 g/mol. The third-order valence-corrected chi connectivity index (χ3v) is 4.53. The van der Waals surface area contributed by atoms with E-state index in [0.717, 1.165) is 36.3 Å². The largest absolute Gasteiger partial charge is 0.457 e. The summed E-state index contributed by atoms with van der Waals surface area (Å²) >= 11 is 0. The second-order valence-corrected chi connectivity index (χ2v) is 6.19. The zero-order valence-corrected chi connectivity index (χ0v) is 13.5. The topological polar surface area (TPSA) is 75.8 Å². The Kier molecular flexibility index (Phi) is 5.01. The van der Waals surface area contributed by atoms with Crippen LogP contribution in [-0.2, 0) is 0 Å². The molecule has 1 aliphatic rings. The number of amides is 2. The highest BCUT2D eigenvalue weighted by molar-refractivity contribution is 5.70. The highest BCUT2D eigenvalue weighted by Crippen LogP contribution is 2.36. The number of carbonyl (C=O) groups excluding carboxylic acids is 1. The molecule has 1 saturated carbocycles. The van der Waals surface area contributed by atoms with Crippen LogP contribution in [0.5, 0.6) is 11.5 Å². The predicted molar refractivity (Wildman–Crippen MR) is 91.2 cm³/mol. The van der Waals surface area contributed by atoms with Crippen LogP contribution in [-0.4, -0.2) is 22.3 Å². The zero-order chi connectivity index (χ0) is 16.9. The Balaban J connectivity index is 1.72. The van der Waals surface area contributed by atoms with E-state index in [1.807, 2.05) is 48.5 Å². The molecule has 3 N–H and O–H groups in total. The van der Waals surface area contributed by atoms with Gasteiger partial charge < -0.3 is 10.5 Å². The maximum Gasteiger partial charge on any atom is 0.338 e. The number of benzene rings is 2. The third-order valence-electron chi connectivity index (χ3n) is 4.53. The van der Waals surface area contributed by atoms with E-state index in [0.29, 0.717) is 11.5 Å². The van der Waals surface area contributed by atoms with E-state index in [-0.39, 0.29) is 12.0 Å². The summed E-state index contributed by atoms with van der Waals surface area (Å²) < 4.78 is 5.89. The Morgan fingerprint density at radius 1 is 1.08 bits per heavy atom. The number of nitrogens with two attached hydrogens (primary N) is 1. The summed E-state index contributed by atoms with van der Waals surface area (Å²) in [6, 6.07) is 16.6. The minimum Gasteiger partial charge on any atom is -0.457 e. The van der Waals surface area contributed by atoms with Crippen LogP contribution in [0.3, 0.4) is 0 Å². The monoisotopic (exact) mass is 326 g/mol. The smallest absolute Gasteiger partial charge is 0.338 e. The second kappa shape index (κ2) is 7.36. The van der Waals surface area contributed by atoms with Crippen molar-refractivity contribution < 1.29 is 14.7 Å². The Bertz CT molecular complexity index is 690. The van der Waals surface area contributed by atoms with Gasteiger partial charge in [0.05, 0.1) is 6.04 Å². The molecule has 2 unspecified atom stereocenters. The van der Waals surface area contributed by atoms with Gasteiger partial charge in [0.15, 0.2) is 0 Å². The fraction of sp³-hybridized carbons (Fsp3) is 0.316. The molecule has 2 atom stereocenters. The number of primary amides is 1. The predicted octanol–water partition coefficient (Wildman–Crippen LogP) is 4.28. The van der Waals surface area contributed by atoms with E-state index in [9.17, 15) is 10.0 Å². The van der Waals surface area contributed by atoms with Crippen molar-refractivity contribution in [3.8, 4) is 11.5 Å². The van der Waals surface area contributed by atoms with Crippen LogP contribution in [0.4, 0.5) is 4.79 Å². The molecule has 0 aromatic heterocycles. The van der Waals surface area contributed by atoms with Gasteiger partial charge in [0, 0.05) is 0 Å². The lowest BCUT2D eigenvalue weighted by molar-refractivity contribution is -0.0858. The lowest BCUT2D eigenvalue weighted by Gasteiger charge is -2.33. The van der Waals surface area contributed by atoms with Crippen LogP contribution in [0.1, 0.15) is 37.2 Å². The van der Waals surface area contributed by atoms with Crippen LogP contribution in [0, 0.1) is 0 Å². The molecular formula is C19H22N2O3. The number of hydrogen-bond acceptors (Lipinski definition) is 3. The van der Waals surface area contributed by atoms with Crippen LogP contribution in [0.25, 0.3) is 0 Å². The normalized spacial score (nSPS) is 20.4. The Morgan fingerprint density at radius 2 is 1.83 bits per heavy atom. The number of carbonyl (C=O) groups is 1. The van der Waals surface area contributed by atoms with Gasteiger partial charge in [-0.3, -0.25) is 5.21 Å². The van der Waals surface area contributed by atoms with Crippen molar-refractivity contribution in [3.05, 3.63) is 60.2 Å². The van der Waals surface area contributed by atoms with Gasteiger partial charge in [0.25, 0.3) is 0 Å². The van der Waals surface area contributed by atoms with E-state index in [1.54, 1.807) is 0 Å². The molecule has 2 amide bonds. The molecule has 5 heteroatoms. The summed E-state index contributed by atoms with van der Waals surface area (Å²) in [5.74, 6) is 1.86. The molecule has 1 aliphatic carbocycles. The van der Waals surface area contributed by atoms with Crippen molar-refractivity contribution in [2.45, 2.75) is 37.6 Å². The molecule has 1 fully saturated rings. The van der Waals surface area contributed by atoms with Crippen molar-refractivity contribution in [2.75, 3.05) is 0 Å². The molecule has 2 aromatic rings. The van der Waals surface area contributed by atoms with Crippen molar-refractivity contribution in [2.24, 2.45) is 5.73 Å². The number of hydrogen-bond donors (Lipinski definition) is 2. The van der Waals surface area contributed by atoms with Gasteiger partial charge in [-0.15, -0.1) is 0 Å². The number of para-hydroxylation sites is 1. The van der Waals surface area contributed by atoms with Gasteiger partial charge >= 0.3 is 6.03 Å². The summed E-state index contributed by atoms with van der Waals surface area (Å²) in [5, 5.41) is 10.5. The molecule has 126 valence electrons. The first-order chi connectivity index (χ1) is 11.6. The van der Waals surface area contributed by atoms with Crippen LogP contribution < -0.4 is 10.5 Å². The highest BCUT2D eigenvalue weighted by Gasteiger charge is 2.29. The van der Waals surface area contributed by atoms with Gasteiger partial charge in [-0.2, -0.15) is 0 Å².